The van der Waals surface area contributed by atoms with Crippen LogP contribution in [0.5, 0.6) is 0 Å². The predicted octanol–water partition coefficient (Wildman–Crippen LogP) is 4.34. The van der Waals surface area contributed by atoms with Gasteiger partial charge < -0.3 is 4.57 Å². The van der Waals surface area contributed by atoms with Gasteiger partial charge in [0.1, 0.15) is 6.07 Å². The summed E-state index contributed by atoms with van der Waals surface area (Å²) in [4.78, 5) is 25.7. The van der Waals surface area contributed by atoms with Crippen molar-refractivity contribution in [1.29, 1.82) is 5.26 Å². The van der Waals surface area contributed by atoms with Crippen molar-refractivity contribution in [3.05, 3.63) is 70.1 Å². The molecule has 3 aromatic heterocycles. The van der Waals surface area contributed by atoms with E-state index in [2.05, 4.69) is 16.9 Å². The van der Waals surface area contributed by atoms with Gasteiger partial charge in [-0.05, 0) is 18.6 Å². The van der Waals surface area contributed by atoms with Crippen LogP contribution < -0.4 is 5.56 Å². The number of fused-ring (bicyclic) bond motifs is 1. The summed E-state index contributed by atoms with van der Waals surface area (Å²) in [6.07, 6.45) is 7.97. The number of unbranched alkanes of at least 4 members (excludes halogenated alkanes) is 2. The molecule has 0 aliphatic heterocycles. The lowest BCUT2D eigenvalue weighted by Crippen LogP contribution is -2.19. The van der Waals surface area contributed by atoms with Crippen molar-refractivity contribution in [2.24, 2.45) is 0 Å². The van der Waals surface area contributed by atoms with Gasteiger partial charge in [0.2, 0.25) is 11.6 Å². The molecule has 30 heavy (non-hydrogen) atoms. The molecule has 0 aliphatic rings. The molecular weight excluding hydrogens is 400 g/mol. The maximum absolute atomic E-state index is 12.9. The van der Waals surface area contributed by atoms with Crippen LogP contribution >= 0.6 is 11.6 Å². The third-order valence-electron chi connectivity index (χ3n) is 4.89. The van der Waals surface area contributed by atoms with E-state index in [1.54, 1.807) is 41.2 Å². The van der Waals surface area contributed by atoms with Crippen molar-refractivity contribution < 1.29 is 0 Å². The third kappa shape index (κ3) is 3.82. The van der Waals surface area contributed by atoms with E-state index in [0.29, 0.717) is 34.3 Å². The molecule has 7 nitrogen and oxygen atoms in total. The first-order valence-corrected chi connectivity index (χ1v) is 10.1. The molecule has 4 aromatic rings. The molecule has 0 amide bonds. The molecule has 0 unspecified atom stereocenters. The average molecular weight is 419 g/mol. The summed E-state index contributed by atoms with van der Waals surface area (Å²) in [6, 6.07) is 10.8. The number of aromatic nitrogens is 5. The van der Waals surface area contributed by atoms with Crippen LogP contribution in [0.25, 0.3) is 28.3 Å². The van der Waals surface area contributed by atoms with Gasteiger partial charge in [0, 0.05) is 47.4 Å². The number of nitriles is 1. The first-order valence-electron chi connectivity index (χ1n) is 9.72. The summed E-state index contributed by atoms with van der Waals surface area (Å²) in [5.41, 5.74) is 2.73. The molecule has 0 spiro atoms. The monoisotopic (exact) mass is 418 g/mol. The Kier molecular flexibility index (Phi) is 5.59. The quantitative estimate of drug-likeness (QED) is 0.434. The van der Waals surface area contributed by atoms with Gasteiger partial charge in [-0.2, -0.15) is 5.26 Å². The Balaban J connectivity index is 1.90. The second-order valence-corrected chi connectivity index (χ2v) is 7.37. The second-order valence-electron chi connectivity index (χ2n) is 6.94. The number of benzene rings is 1. The normalized spacial score (nSPS) is 11.0. The predicted molar refractivity (Wildman–Crippen MR) is 115 cm³/mol. The lowest BCUT2D eigenvalue weighted by molar-refractivity contribution is 0.605. The van der Waals surface area contributed by atoms with Crippen LogP contribution in [-0.2, 0) is 6.54 Å². The molecule has 0 saturated carbocycles. The summed E-state index contributed by atoms with van der Waals surface area (Å²) >= 11 is 6.00. The van der Waals surface area contributed by atoms with E-state index >= 15 is 0 Å². The number of halogens is 1. The fourth-order valence-electron chi connectivity index (χ4n) is 3.35. The molecule has 0 atom stereocenters. The molecule has 0 fully saturated rings. The van der Waals surface area contributed by atoms with E-state index in [9.17, 15) is 4.79 Å². The molecule has 0 bridgehead atoms. The number of hydrogen-bond acceptors (Lipinski definition) is 5. The maximum atomic E-state index is 12.9. The third-order valence-corrected chi connectivity index (χ3v) is 5.14. The van der Waals surface area contributed by atoms with E-state index in [0.717, 1.165) is 24.8 Å². The van der Waals surface area contributed by atoms with E-state index in [4.69, 9.17) is 21.8 Å². The van der Waals surface area contributed by atoms with Gasteiger partial charge in [-0.15, -0.1) is 0 Å². The van der Waals surface area contributed by atoms with Crippen molar-refractivity contribution in [2.45, 2.75) is 32.7 Å². The minimum absolute atomic E-state index is 0.0885. The van der Waals surface area contributed by atoms with Gasteiger partial charge in [0.05, 0.1) is 11.4 Å². The molecule has 1 aromatic carbocycles. The lowest BCUT2D eigenvalue weighted by atomic mass is 10.2. The van der Waals surface area contributed by atoms with Crippen molar-refractivity contribution in [3.8, 4) is 28.6 Å². The Morgan fingerprint density at radius 3 is 2.50 bits per heavy atom. The number of aryl methyl sites for hydroxylation is 1. The van der Waals surface area contributed by atoms with E-state index in [1.807, 2.05) is 22.8 Å². The molecule has 150 valence electrons. The van der Waals surface area contributed by atoms with Crippen LogP contribution in [0.2, 0.25) is 5.02 Å². The standard InChI is InChI=1S/C22H19ClN6O/c1-2-3-4-9-28-19(16-12-25-20(11-24)26-13-16)10-21(30)29-14-18(27-22(28)29)15-5-7-17(23)8-6-15/h5-8,10,12-14H,2-4,9H2,1H3. The highest BCUT2D eigenvalue weighted by Gasteiger charge is 2.15. The zero-order valence-corrected chi connectivity index (χ0v) is 17.2. The number of hydrogen-bond donors (Lipinski definition) is 0. The average Bonchev–Trinajstić information content (AvgIpc) is 3.22. The Morgan fingerprint density at radius 2 is 1.83 bits per heavy atom. The van der Waals surface area contributed by atoms with Gasteiger partial charge in [0.15, 0.2) is 0 Å². The van der Waals surface area contributed by atoms with Crippen LogP contribution in [-0.4, -0.2) is 23.9 Å². The first-order chi connectivity index (χ1) is 14.6. The van der Waals surface area contributed by atoms with E-state index in [-0.39, 0.29) is 11.4 Å². The van der Waals surface area contributed by atoms with Crippen LogP contribution in [0.1, 0.15) is 32.0 Å². The number of imidazole rings is 1. The summed E-state index contributed by atoms with van der Waals surface area (Å²) in [6.45, 7) is 2.84. The van der Waals surface area contributed by atoms with E-state index < -0.39 is 0 Å². The van der Waals surface area contributed by atoms with Crippen molar-refractivity contribution in [3.63, 3.8) is 0 Å². The highest BCUT2D eigenvalue weighted by atomic mass is 35.5. The molecule has 0 saturated heterocycles. The highest BCUT2D eigenvalue weighted by molar-refractivity contribution is 6.30. The molecule has 0 radical (unpaired) electrons. The highest BCUT2D eigenvalue weighted by Crippen LogP contribution is 2.24. The second kappa shape index (κ2) is 8.47. The van der Waals surface area contributed by atoms with E-state index in [1.165, 1.54) is 0 Å². The molecule has 0 aliphatic carbocycles. The van der Waals surface area contributed by atoms with Gasteiger partial charge in [-0.3, -0.25) is 9.20 Å². The van der Waals surface area contributed by atoms with Crippen molar-refractivity contribution in [1.82, 2.24) is 23.9 Å². The van der Waals surface area contributed by atoms with Crippen LogP contribution in [0.3, 0.4) is 0 Å². The van der Waals surface area contributed by atoms with Gasteiger partial charge in [-0.1, -0.05) is 43.5 Å². The molecule has 3 heterocycles. The smallest absolute Gasteiger partial charge is 0.259 e. The molecule has 8 heteroatoms. The molecular formula is C22H19ClN6O. The Bertz CT molecular complexity index is 1280. The van der Waals surface area contributed by atoms with Crippen LogP contribution in [0, 0.1) is 11.3 Å². The largest absolute Gasteiger partial charge is 0.311 e. The van der Waals surface area contributed by atoms with Gasteiger partial charge in [0.25, 0.3) is 5.56 Å². The van der Waals surface area contributed by atoms with Crippen molar-refractivity contribution >= 4 is 17.4 Å². The lowest BCUT2D eigenvalue weighted by Gasteiger charge is -2.14. The number of nitrogens with zero attached hydrogens (tertiary/aromatic N) is 6. The SMILES string of the molecule is CCCCCn1c(-c2cnc(C#N)nc2)cc(=O)n2cc(-c3ccc(Cl)cc3)nc12. The topological polar surface area (TPSA) is 88.9 Å². The van der Waals surface area contributed by atoms with Crippen molar-refractivity contribution in [2.75, 3.05) is 0 Å². The number of rotatable bonds is 6. The fraction of sp³-hybridized carbons (Fsp3) is 0.227. The minimum Gasteiger partial charge on any atom is -0.311 e. The summed E-state index contributed by atoms with van der Waals surface area (Å²) in [5, 5.41) is 9.60. The summed E-state index contributed by atoms with van der Waals surface area (Å²) < 4.78 is 3.57. The minimum atomic E-state index is -0.191. The summed E-state index contributed by atoms with van der Waals surface area (Å²) in [5.74, 6) is 0.647. The van der Waals surface area contributed by atoms with Crippen LogP contribution in [0.4, 0.5) is 0 Å². The van der Waals surface area contributed by atoms with Gasteiger partial charge in [-0.25, -0.2) is 15.0 Å². The Morgan fingerprint density at radius 1 is 1.10 bits per heavy atom. The first kappa shape index (κ1) is 19.8. The zero-order chi connectivity index (χ0) is 21.1. The van der Waals surface area contributed by atoms with Gasteiger partial charge >= 0.3 is 0 Å². The maximum Gasteiger partial charge on any atom is 0.259 e. The zero-order valence-electron chi connectivity index (χ0n) is 16.4. The molecule has 0 N–H and O–H groups in total. The molecule has 4 rings (SSSR count). The van der Waals surface area contributed by atoms with Crippen LogP contribution in [0.15, 0.2) is 53.7 Å². The Hall–Kier alpha value is -3.50. The Labute approximate surface area is 178 Å². The fourth-order valence-corrected chi connectivity index (χ4v) is 3.48. The summed E-state index contributed by atoms with van der Waals surface area (Å²) in [7, 11) is 0.